The lowest BCUT2D eigenvalue weighted by Crippen LogP contribution is -2.51. The number of aliphatic hydroxyl groups is 2. The summed E-state index contributed by atoms with van der Waals surface area (Å²) in [7, 11) is 1.78. The van der Waals surface area contributed by atoms with E-state index in [-0.39, 0.29) is 6.54 Å². The first kappa shape index (κ1) is 22.9. The van der Waals surface area contributed by atoms with Gasteiger partial charge in [-0.25, -0.2) is 9.67 Å². The Bertz CT molecular complexity index is 1110. The molecule has 1 aliphatic heterocycles. The van der Waals surface area contributed by atoms with Crippen LogP contribution in [0.5, 0.6) is 0 Å². The summed E-state index contributed by atoms with van der Waals surface area (Å²) >= 11 is 1.44. The highest BCUT2D eigenvalue weighted by atomic mass is 32.1. The van der Waals surface area contributed by atoms with Gasteiger partial charge in [0, 0.05) is 37.3 Å². The molecular weight excluding hydrogens is 444 g/mol. The lowest BCUT2D eigenvalue weighted by molar-refractivity contribution is -0.154. The van der Waals surface area contributed by atoms with Crippen molar-refractivity contribution in [3.63, 3.8) is 0 Å². The van der Waals surface area contributed by atoms with Crippen molar-refractivity contribution in [2.24, 2.45) is 0 Å². The molecule has 0 fully saturated rings. The summed E-state index contributed by atoms with van der Waals surface area (Å²) in [6.45, 7) is 2.41. The van der Waals surface area contributed by atoms with Gasteiger partial charge in [-0.05, 0) is 30.7 Å². The Balaban J connectivity index is 1.34. The van der Waals surface area contributed by atoms with E-state index in [1.165, 1.54) is 16.2 Å². The number of anilines is 1. The van der Waals surface area contributed by atoms with Gasteiger partial charge in [-0.3, -0.25) is 9.59 Å². The topological polar surface area (TPSA) is 133 Å². The van der Waals surface area contributed by atoms with E-state index in [1.807, 2.05) is 36.5 Å². The summed E-state index contributed by atoms with van der Waals surface area (Å²) in [4.78, 5) is 32.1. The highest BCUT2D eigenvalue weighted by molar-refractivity contribution is 7.15. The van der Waals surface area contributed by atoms with Gasteiger partial charge in [0.25, 0.3) is 11.8 Å². The second kappa shape index (κ2) is 9.69. The number of carbonyl (C=O) groups excluding carboxylic acids is 2. The van der Waals surface area contributed by atoms with Gasteiger partial charge in [0.1, 0.15) is 0 Å². The molecular formula is C22H26N6O4S. The van der Waals surface area contributed by atoms with Crippen molar-refractivity contribution >= 4 is 28.3 Å². The Kier molecular flexibility index (Phi) is 6.72. The Morgan fingerprint density at radius 2 is 1.94 bits per heavy atom. The molecule has 0 unspecified atom stereocenters. The predicted molar refractivity (Wildman–Crippen MR) is 123 cm³/mol. The third-order valence-corrected chi connectivity index (χ3v) is 6.70. The number of aromatic nitrogens is 3. The molecule has 2 amide bonds. The molecule has 3 heterocycles. The zero-order chi connectivity index (χ0) is 23.5. The summed E-state index contributed by atoms with van der Waals surface area (Å²) < 4.78 is 1.72. The molecule has 0 saturated heterocycles. The van der Waals surface area contributed by atoms with Crippen molar-refractivity contribution in [3.05, 3.63) is 58.9 Å². The van der Waals surface area contributed by atoms with Crippen LogP contribution in [0, 0.1) is 0 Å². The Hall–Kier alpha value is -3.28. The molecule has 33 heavy (non-hydrogen) atoms. The lowest BCUT2D eigenvalue weighted by Gasteiger charge is -2.29. The number of hydrogen-bond donors (Lipinski definition) is 4. The van der Waals surface area contributed by atoms with E-state index < -0.39 is 30.1 Å². The number of rotatable bonds is 7. The zero-order valence-corrected chi connectivity index (χ0v) is 19.1. The van der Waals surface area contributed by atoms with Gasteiger partial charge in [0.05, 0.1) is 24.0 Å². The number of thiazole rings is 1. The van der Waals surface area contributed by atoms with Gasteiger partial charge in [-0.2, -0.15) is 5.10 Å². The van der Waals surface area contributed by atoms with Crippen LogP contribution in [0.1, 0.15) is 29.1 Å². The highest BCUT2D eigenvalue weighted by Crippen LogP contribution is 2.28. The van der Waals surface area contributed by atoms with E-state index in [0.29, 0.717) is 13.0 Å². The number of amides is 2. The van der Waals surface area contributed by atoms with Gasteiger partial charge in [0.2, 0.25) is 0 Å². The molecule has 1 aromatic carbocycles. The minimum absolute atomic E-state index is 0.290. The fourth-order valence-corrected chi connectivity index (χ4v) is 4.65. The SMILES string of the molecule is CNc1nc2c(s1)CN(C(=O)[C@H](O)[C@@H](O)C(=O)N[C@H](C)c1ccc(-n3cccn3)cc1)CC2. The van der Waals surface area contributed by atoms with Gasteiger partial charge in [-0.1, -0.05) is 23.5 Å². The minimum Gasteiger partial charge on any atom is -0.380 e. The maximum atomic E-state index is 12.7. The van der Waals surface area contributed by atoms with Crippen LogP contribution in [0.4, 0.5) is 5.13 Å². The smallest absolute Gasteiger partial charge is 0.255 e. The first-order chi connectivity index (χ1) is 15.9. The van der Waals surface area contributed by atoms with E-state index in [1.54, 1.807) is 24.9 Å². The summed E-state index contributed by atoms with van der Waals surface area (Å²) in [6.07, 6.45) is 0.341. The molecule has 4 N–H and O–H groups in total. The third kappa shape index (κ3) is 4.90. The number of fused-ring (bicyclic) bond motifs is 1. The summed E-state index contributed by atoms with van der Waals surface area (Å²) in [6, 6.07) is 8.80. The van der Waals surface area contributed by atoms with Crippen molar-refractivity contribution in [1.82, 2.24) is 25.0 Å². The van der Waals surface area contributed by atoms with Crippen LogP contribution in [0.2, 0.25) is 0 Å². The van der Waals surface area contributed by atoms with Gasteiger partial charge < -0.3 is 25.7 Å². The molecule has 3 atom stereocenters. The molecule has 0 radical (unpaired) electrons. The standard InChI is InChI=1S/C22H26N6O4S/c1-13(14-4-6-15(7-5-14)28-10-3-9-24-28)25-20(31)18(29)19(30)21(32)27-11-8-16-17(12-27)33-22(23-2)26-16/h3-7,9-10,13,18-19,29-30H,8,11-12H2,1-2H3,(H,23,26)(H,25,31)/t13-,18-,19-/m1/s1. The Morgan fingerprint density at radius 1 is 1.18 bits per heavy atom. The summed E-state index contributed by atoms with van der Waals surface area (Å²) in [5, 5.41) is 31.3. The fourth-order valence-electron chi connectivity index (χ4n) is 3.68. The van der Waals surface area contributed by atoms with Crippen LogP contribution in [0.15, 0.2) is 42.7 Å². The molecule has 2 aromatic heterocycles. The number of aliphatic hydroxyl groups excluding tert-OH is 2. The van der Waals surface area contributed by atoms with Crippen molar-refractivity contribution in [3.8, 4) is 5.69 Å². The Labute approximate surface area is 194 Å². The third-order valence-electron chi connectivity index (χ3n) is 5.60. The maximum Gasteiger partial charge on any atom is 0.255 e. The van der Waals surface area contributed by atoms with E-state index in [9.17, 15) is 19.8 Å². The summed E-state index contributed by atoms with van der Waals surface area (Å²) in [5.74, 6) is -1.49. The zero-order valence-electron chi connectivity index (χ0n) is 18.3. The minimum atomic E-state index is -1.88. The molecule has 10 nitrogen and oxygen atoms in total. The van der Waals surface area contributed by atoms with Gasteiger partial charge in [-0.15, -0.1) is 0 Å². The van der Waals surface area contributed by atoms with Crippen molar-refractivity contribution in [2.45, 2.75) is 38.1 Å². The highest BCUT2D eigenvalue weighted by Gasteiger charge is 2.35. The Morgan fingerprint density at radius 3 is 2.61 bits per heavy atom. The van der Waals surface area contributed by atoms with E-state index in [0.717, 1.165) is 27.0 Å². The number of nitrogens with one attached hydrogen (secondary N) is 2. The fraction of sp³-hybridized carbons (Fsp3) is 0.364. The molecule has 4 rings (SSSR count). The molecule has 174 valence electrons. The quantitative estimate of drug-likeness (QED) is 0.402. The summed E-state index contributed by atoms with van der Waals surface area (Å²) in [5.41, 5.74) is 2.60. The molecule has 0 saturated carbocycles. The lowest BCUT2D eigenvalue weighted by atomic mass is 10.1. The van der Waals surface area contributed by atoms with Crippen LogP contribution >= 0.6 is 11.3 Å². The first-order valence-corrected chi connectivity index (χ1v) is 11.4. The largest absolute Gasteiger partial charge is 0.380 e. The van der Waals surface area contributed by atoms with Crippen LogP contribution < -0.4 is 10.6 Å². The molecule has 0 spiro atoms. The molecule has 0 bridgehead atoms. The average Bonchev–Trinajstić information content (AvgIpc) is 3.52. The molecule has 3 aromatic rings. The van der Waals surface area contributed by atoms with Gasteiger partial charge >= 0.3 is 0 Å². The van der Waals surface area contributed by atoms with E-state index in [2.05, 4.69) is 20.7 Å². The van der Waals surface area contributed by atoms with E-state index in [4.69, 9.17) is 0 Å². The second-order valence-electron chi connectivity index (χ2n) is 7.81. The van der Waals surface area contributed by atoms with Crippen LogP contribution in [-0.4, -0.2) is 67.5 Å². The van der Waals surface area contributed by atoms with Crippen LogP contribution in [0.25, 0.3) is 5.69 Å². The predicted octanol–water partition coefficient (Wildman–Crippen LogP) is 0.854. The molecule has 1 aliphatic rings. The first-order valence-electron chi connectivity index (χ1n) is 10.6. The molecule has 11 heteroatoms. The second-order valence-corrected chi connectivity index (χ2v) is 8.89. The van der Waals surface area contributed by atoms with Gasteiger partial charge in [0.15, 0.2) is 17.3 Å². The molecule has 0 aliphatic carbocycles. The number of carbonyl (C=O) groups is 2. The van der Waals surface area contributed by atoms with Crippen molar-refractivity contribution < 1.29 is 19.8 Å². The number of nitrogens with zero attached hydrogens (tertiary/aromatic N) is 4. The monoisotopic (exact) mass is 470 g/mol. The van der Waals surface area contributed by atoms with E-state index >= 15 is 0 Å². The van der Waals surface area contributed by atoms with Crippen molar-refractivity contribution in [2.75, 3.05) is 18.9 Å². The van der Waals surface area contributed by atoms with Crippen LogP contribution in [0.3, 0.4) is 0 Å². The average molecular weight is 471 g/mol. The van der Waals surface area contributed by atoms with Crippen molar-refractivity contribution in [1.29, 1.82) is 0 Å². The number of benzene rings is 1. The number of hydrogen-bond acceptors (Lipinski definition) is 8. The normalized spacial score (nSPS) is 15.9. The van der Waals surface area contributed by atoms with Crippen LogP contribution in [-0.2, 0) is 22.6 Å². The maximum absolute atomic E-state index is 12.7.